The largest absolute Gasteiger partial charge is 0.377 e. The molecule has 2 rings (SSSR count). The molecule has 76 valence electrons. The van der Waals surface area contributed by atoms with Gasteiger partial charge in [0.25, 0.3) is 0 Å². The molecule has 0 aromatic rings. The van der Waals surface area contributed by atoms with Crippen molar-refractivity contribution in [2.24, 2.45) is 5.92 Å². The molecular formula is C11H21NO. The van der Waals surface area contributed by atoms with Gasteiger partial charge in [-0.25, -0.2) is 0 Å². The van der Waals surface area contributed by atoms with E-state index in [9.17, 15) is 0 Å². The lowest BCUT2D eigenvalue weighted by atomic mass is 9.99. The third kappa shape index (κ3) is 1.62. The lowest BCUT2D eigenvalue weighted by Gasteiger charge is -2.36. The predicted octanol–water partition coefficient (Wildman–Crippen LogP) is 1.90. The maximum Gasteiger partial charge on any atom is 0.0653 e. The molecule has 2 heteroatoms. The quantitative estimate of drug-likeness (QED) is 0.662. The molecule has 1 aliphatic heterocycles. The smallest absolute Gasteiger partial charge is 0.0653 e. The molecule has 2 unspecified atom stereocenters. The summed E-state index contributed by atoms with van der Waals surface area (Å²) < 4.78 is 5.78. The van der Waals surface area contributed by atoms with Crippen molar-refractivity contribution in [1.82, 2.24) is 4.90 Å². The van der Waals surface area contributed by atoms with E-state index < -0.39 is 0 Å². The predicted molar refractivity (Wildman–Crippen MR) is 53.8 cm³/mol. The van der Waals surface area contributed by atoms with E-state index in [1.54, 1.807) is 0 Å². The molecular weight excluding hydrogens is 162 g/mol. The Hall–Kier alpha value is -0.0800. The molecule has 2 fully saturated rings. The van der Waals surface area contributed by atoms with E-state index >= 15 is 0 Å². The Morgan fingerprint density at radius 1 is 1.54 bits per heavy atom. The highest BCUT2D eigenvalue weighted by molar-refractivity contribution is 5.03. The monoisotopic (exact) mass is 183 g/mol. The van der Waals surface area contributed by atoms with E-state index in [-0.39, 0.29) is 0 Å². The first-order valence-corrected chi connectivity index (χ1v) is 5.45. The third-order valence-electron chi connectivity index (χ3n) is 3.71. The van der Waals surface area contributed by atoms with Crippen molar-refractivity contribution in [2.75, 3.05) is 20.2 Å². The molecule has 1 aliphatic carbocycles. The molecule has 2 nitrogen and oxygen atoms in total. The van der Waals surface area contributed by atoms with Crippen LogP contribution in [0.2, 0.25) is 0 Å². The Morgan fingerprint density at radius 3 is 2.77 bits per heavy atom. The highest BCUT2D eigenvalue weighted by Crippen LogP contribution is 2.45. The van der Waals surface area contributed by atoms with Gasteiger partial charge in [-0.05, 0) is 46.1 Å². The van der Waals surface area contributed by atoms with Gasteiger partial charge in [-0.15, -0.1) is 0 Å². The Balaban J connectivity index is 1.95. The van der Waals surface area contributed by atoms with Gasteiger partial charge in [-0.2, -0.15) is 0 Å². The van der Waals surface area contributed by atoms with Gasteiger partial charge in [0.15, 0.2) is 0 Å². The van der Waals surface area contributed by atoms with Crippen LogP contribution in [0, 0.1) is 5.92 Å². The molecule has 1 heterocycles. The van der Waals surface area contributed by atoms with E-state index in [0.29, 0.717) is 11.6 Å². The van der Waals surface area contributed by atoms with Crippen molar-refractivity contribution in [3.05, 3.63) is 0 Å². The van der Waals surface area contributed by atoms with Crippen molar-refractivity contribution in [2.45, 2.75) is 44.8 Å². The third-order valence-corrected chi connectivity index (χ3v) is 3.71. The zero-order valence-electron chi connectivity index (χ0n) is 9.05. The lowest BCUT2D eigenvalue weighted by molar-refractivity contribution is -0.00759. The Bertz CT molecular complexity index is 193. The summed E-state index contributed by atoms with van der Waals surface area (Å²) in [5.41, 5.74) is 0.412. The highest BCUT2D eigenvalue weighted by Gasteiger charge is 2.48. The molecule has 0 N–H and O–H groups in total. The van der Waals surface area contributed by atoms with E-state index in [2.05, 4.69) is 25.8 Å². The fourth-order valence-electron chi connectivity index (χ4n) is 2.86. The zero-order valence-corrected chi connectivity index (χ0v) is 9.05. The van der Waals surface area contributed by atoms with Crippen molar-refractivity contribution in [3.63, 3.8) is 0 Å². The van der Waals surface area contributed by atoms with Crippen molar-refractivity contribution >= 4 is 0 Å². The first-order chi connectivity index (χ1) is 6.12. The second-order valence-corrected chi connectivity index (χ2v) is 5.07. The van der Waals surface area contributed by atoms with E-state index in [0.717, 1.165) is 12.5 Å². The molecule has 2 aliphatic rings. The fourth-order valence-corrected chi connectivity index (χ4v) is 2.86. The highest BCUT2D eigenvalue weighted by atomic mass is 16.5. The molecule has 0 radical (unpaired) electrons. The maximum atomic E-state index is 5.78. The summed E-state index contributed by atoms with van der Waals surface area (Å²) in [4.78, 5) is 2.52. The molecule has 0 spiro atoms. The molecule has 13 heavy (non-hydrogen) atoms. The van der Waals surface area contributed by atoms with Gasteiger partial charge in [-0.1, -0.05) is 0 Å². The number of fused-ring (bicyclic) bond motifs is 2. The van der Waals surface area contributed by atoms with Crippen LogP contribution in [-0.4, -0.2) is 36.7 Å². The van der Waals surface area contributed by atoms with Gasteiger partial charge >= 0.3 is 0 Å². The van der Waals surface area contributed by atoms with Gasteiger partial charge in [0.1, 0.15) is 0 Å². The van der Waals surface area contributed by atoms with Crippen LogP contribution in [0.4, 0.5) is 0 Å². The molecule has 2 bridgehead atoms. The summed E-state index contributed by atoms with van der Waals surface area (Å²) in [5, 5.41) is 0. The summed E-state index contributed by atoms with van der Waals surface area (Å²) >= 11 is 0. The summed E-state index contributed by atoms with van der Waals surface area (Å²) in [6.45, 7) is 6.48. The molecule has 0 aromatic heterocycles. The lowest BCUT2D eigenvalue weighted by Crippen LogP contribution is -2.46. The Labute approximate surface area is 81.3 Å². The van der Waals surface area contributed by atoms with E-state index in [4.69, 9.17) is 4.74 Å². The number of likely N-dealkylation sites (N-methyl/N-ethyl adjacent to an activating group) is 1. The second-order valence-electron chi connectivity index (χ2n) is 5.07. The average molecular weight is 183 g/mol. The minimum absolute atomic E-state index is 0.377. The number of nitrogens with zero attached hydrogens (tertiary/aromatic N) is 1. The summed E-state index contributed by atoms with van der Waals surface area (Å²) in [5.74, 6) is 0.959. The van der Waals surface area contributed by atoms with Gasteiger partial charge in [0, 0.05) is 12.1 Å². The fraction of sp³-hybridized carbons (Fsp3) is 1.00. The molecule has 0 amide bonds. The first kappa shape index (κ1) is 9.47. The van der Waals surface area contributed by atoms with Crippen LogP contribution in [0.5, 0.6) is 0 Å². The van der Waals surface area contributed by atoms with Crippen LogP contribution in [0.15, 0.2) is 0 Å². The van der Waals surface area contributed by atoms with Crippen LogP contribution in [-0.2, 0) is 4.74 Å². The molecule has 0 aromatic carbocycles. The van der Waals surface area contributed by atoms with Gasteiger partial charge < -0.3 is 4.74 Å². The van der Waals surface area contributed by atoms with Crippen LogP contribution in [0.3, 0.4) is 0 Å². The molecule has 2 atom stereocenters. The first-order valence-electron chi connectivity index (χ1n) is 5.45. The minimum atomic E-state index is 0.377. The summed E-state index contributed by atoms with van der Waals surface area (Å²) in [7, 11) is 2.25. The van der Waals surface area contributed by atoms with Crippen LogP contribution >= 0.6 is 0 Å². The van der Waals surface area contributed by atoms with Crippen molar-refractivity contribution < 1.29 is 4.74 Å². The number of hydrogen-bond acceptors (Lipinski definition) is 2. The number of hydrogen-bond donors (Lipinski definition) is 0. The van der Waals surface area contributed by atoms with Crippen LogP contribution in [0.25, 0.3) is 0 Å². The van der Waals surface area contributed by atoms with Gasteiger partial charge in [0.05, 0.1) is 12.7 Å². The number of likely N-dealkylation sites (tertiary alicyclic amines) is 1. The van der Waals surface area contributed by atoms with Crippen LogP contribution in [0.1, 0.15) is 33.1 Å². The molecule has 1 saturated heterocycles. The SMILES string of the molecule is CC(C)OCC12CCC(CN1C)C2. The maximum absolute atomic E-state index is 5.78. The Morgan fingerprint density at radius 2 is 2.31 bits per heavy atom. The molecule has 1 saturated carbocycles. The van der Waals surface area contributed by atoms with Gasteiger partial charge in [-0.3, -0.25) is 4.90 Å². The minimum Gasteiger partial charge on any atom is -0.377 e. The normalized spacial score (nSPS) is 39.2. The topological polar surface area (TPSA) is 12.5 Å². The second kappa shape index (κ2) is 3.25. The standard InChI is InChI=1S/C11H21NO/c1-9(2)13-8-11-5-4-10(6-11)7-12(11)3/h9-10H,4-8H2,1-3H3. The summed E-state index contributed by atoms with van der Waals surface area (Å²) in [6.07, 6.45) is 4.52. The number of rotatable bonds is 3. The summed E-state index contributed by atoms with van der Waals surface area (Å²) in [6, 6.07) is 0. The van der Waals surface area contributed by atoms with Gasteiger partial charge in [0.2, 0.25) is 0 Å². The number of piperidine rings is 1. The van der Waals surface area contributed by atoms with E-state index in [1.165, 1.54) is 25.8 Å². The average Bonchev–Trinajstić information content (AvgIpc) is 2.58. The van der Waals surface area contributed by atoms with E-state index in [1.807, 2.05) is 0 Å². The number of ether oxygens (including phenoxy) is 1. The van der Waals surface area contributed by atoms with Crippen molar-refractivity contribution in [1.29, 1.82) is 0 Å². The van der Waals surface area contributed by atoms with Crippen molar-refractivity contribution in [3.8, 4) is 0 Å². The zero-order chi connectivity index (χ0) is 9.47. The Kier molecular flexibility index (Phi) is 2.37. The van der Waals surface area contributed by atoms with Crippen LogP contribution < -0.4 is 0 Å².